The molecule has 6 rings (SSSR count). The average molecular weight is 675 g/mol. The summed E-state index contributed by atoms with van der Waals surface area (Å²) in [6.45, 7) is 6.28. The van der Waals surface area contributed by atoms with Gasteiger partial charge < -0.3 is 30.2 Å². The van der Waals surface area contributed by atoms with Crippen LogP contribution in [0.3, 0.4) is 0 Å². The van der Waals surface area contributed by atoms with E-state index in [1.807, 2.05) is 77.7 Å². The highest BCUT2D eigenvalue weighted by atomic mass is 16.5. The maximum Gasteiger partial charge on any atom is 0.488 e. The normalized spacial score (nSPS) is 10.7. The van der Waals surface area contributed by atoms with Crippen molar-refractivity contribution in [3.63, 3.8) is 0 Å². The van der Waals surface area contributed by atoms with Crippen LogP contribution in [0, 0.1) is 6.92 Å². The molecule has 2 aromatic heterocycles. The molecule has 12 nitrogen and oxygen atoms in total. The van der Waals surface area contributed by atoms with E-state index >= 15 is 0 Å². The first kappa shape index (κ1) is 36.0. The molecule has 50 heavy (non-hydrogen) atoms. The Balaban J connectivity index is 0.000000195. The minimum absolute atomic E-state index is 0.482. The maximum atomic E-state index is 9.09. The summed E-state index contributed by atoms with van der Waals surface area (Å²) in [5.41, 5.74) is 8.31. The smallest absolute Gasteiger partial charge is 0.488 e. The Labute approximate surface area is 292 Å². The van der Waals surface area contributed by atoms with Crippen LogP contribution >= 0.6 is 0 Å². The van der Waals surface area contributed by atoms with Gasteiger partial charge in [-0.1, -0.05) is 88.8 Å². The molecule has 0 atom stereocenters. The van der Waals surface area contributed by atoms with Crippen LogP contribution in [-0.2, 0) is 39.3 Å². The van der Waals surface area contributed by atoms with Crippen molar-refractivity contribution in [3.05, 3.63) is 149 Å². The minimum atomic E-state index is -1.43. The van der Waals surface area contributed by atoms with Crippen LogP contribution in [0.15, 0.2) is 109 Å². The molecule has 0 aliphatic heterocycles. The van der Waals surface area contributed by atoms with E-state index in [1.54, 1.807) is 31.0 Å². The molecule has 0 aliphatic rings. The first-order valence-electron chi connectivity index (χ1n) is 16.3. The van der Waals surface area contributed by atoms with E-state index in [9.17, 15) is 0 Å². The largest absolute Gasteiger partial charge is 0.497 e. The Hall–Kier alpha value is -5.34. The fraction of sp³-hybridized carbons (Fsp3) is 0.243. The summed E-state index contributed by atoms with van der Waals surface area (Å²) in [6, 6.07) is 31.6. The molecule has 0 spiro atoms. The quantitative estimate of drug-likeness (QED) is 0.120. The number of hydrogen-bond acceptors (Lipinski definition) is 10. The predicted molar refractivity (Wildman–Crippen MR) is 193 cm³/mol. The van der Waals surface area contributed by atoms with Crippen LogP contribution < -0.4 is 25.6 Å². The monoisotopic (exact) mass is 674 g/mol. The van der Waals surface area contributed by atoms with Gasteiger partial charge in [-0.2, -0.15) is 0 Å². The molecular formula is C37H43BN8O4. The molecule has 0 saturated heterocycles. The number of hydrogen-bond donors (Lipinski definition) is 4. The SMILES string of the molecule is COc1ccc(Cn2cc(CNCc3ccc(B(O)O)cc3)nn2)cc1.COc1ccc(Cn2nncc2CNCc2ccc(C)cc2)cc1. The molecule has 13 heteroatoms. The first-order chi connectivity index (χ1) is 24.4. The molecule has 2 heterocycles. The molecule has 0 saturated carbocycles. The van der Waals surface area contributed by atoms with Crippen molar-refractivity contribution >= 4 is 12.6 Å². The molecule has 258 valence electrons. The van der Waals surface area contributed by atoms with Gasteiger partial charge in [0.2, 0.25) is 0 Å². The zero-order valence-corrected chi connectivity index (χ0v) is 28.6. The number of methoxy groups -OCH3 is 2. The predicted octanol–water partition coefficient (Wildman–Crippen LogP) is 3.24. The van der Waals surface area contributed by atoms with E-state index in [0.29, 0.717) is 31.6 Å². The lowest BCUT2D eigenvalue weighted by Gasteiger charge is -2.09. The Kier molecular flexibility index (Phi) is 13.3. The lowest BCUT2D eigenvalue weighted by Crippen LogP contribution is -2.29. The summed E-state index contributed by atoms with van der Waals surface area (Å²) in [4.78, 5) is 0. The number of rotatable bonds is 15. The fourth-order valence-corrected chi connectivity index (χ4v) is 5.05. The third-order valence-electron chi connectivity index (χ3n) is 7.95. The highest BCUT2D eigenvalue weighted by Crippen LogP contribution is 2.14. The van der Waals surface area contributed by atoms with Crippen LogP contribution in [0.5, 0.6) is 11.5 Å². The van der Waals surface area contributed by atoms with Crippen molar-refractivity contribution in [2.75, 3.05) is 14.2 Å². The third-order valence-corrected chi connectivity index (χ3v) is 7.95. The van der Waals surface area contributed by atoms with Crippen molar-refractivity contribution < 1.29 is 19.5 Å². The third kappa shape index (κ3) is 11.1. The van der Waals surface area contributed by atoms with Crippen LogP contribution in [-0.4, -0.2) is 61.4 Å². The van der Waals surface area contributed by atoms with Gasteiger partial charge in [0, 0.05) is 26.2 Å². The highest BCUT2D eigenvalue weighted by molar-refractivity contribution is 6.58. The van der Waals surface area contributed by atoms with E-state index in [0.717, 1.165) is 47.1 Å². The van der Waals surface area contributed by atoms with E-state index in [1.165, 1.54) is 16.7 Å². The Morgan fingerprint density at radius 3 is 1.76 bits per heavy atom. The van der Waals surface area contributed by atoms with Crippen molar-refractivity contribution in [3.8, 4) is 11.5 Å². The van der Waals surface area contributed by atoms with Crippen molar-refractivity contribution in [1.29, 1.82) is 0 Å². The van der Waals surface area contributed by atoms with Crippen LogP contribution in [0.1, 0.15) is 39.2 Å². The topological polar surface area (TPSA) is 144 Å². The number of nitrogens with zero attached hydrogens (tertiary/aromatic N) is 6. The van der Waals surface area contributed by atoms with E-state index in [2.05, 4.69) is 62.4 Å². The summed E-state index contributed by atoms with van der Waals surface area (Å²) in [5, 5.41) is 41.5. The number of benzene rings is 4. The summed E-state index contributed by atoms with van der Waals surface area (Å²) in [5.74, 6) is 1.69. The van der Waals surface area contributed by atoms with Crippen LogP contribution in [0.25, 0.3) is 0 Å². The van der Waals surface area contributed by atoms with Crippen molar-refractivity contribution in [2.45, 2.75) is 46.2 Å². The molecule has 0 amide bonds. The molecule has 4 aromatic carbocycles. The second kappa shape index (κ2) is 18.4. The summed E-state index contributed by atoms with van der Waals surface area (Å²) in [7, 11) is 1.89. The van der Waals surface area contributed by atoms with Gasteiger partial charge in [-0.05, 0) is 58.9 Å². The zero-order chi connectivity index (χ0) is 35.1. The maximum absolute atomic E-state index is 9.09. The lowest BCUT2D eigenvalue weighted by atomic mass is 9.80. The molecule has 0 radical (unpaired) electrons. The fourth-order valence-electron chi connectivity index (χ4n) is 5.05. The van der Waals surface area contributed by atoms with Crippen molar-refractivity contribution in [1.82, 2.24) is 40.6 Å². The van der Waals surface area contributed by atoms with Crippen molar-refractivity contribution in [2.24, 2.45) is 0 Å². The minimum Gasteiger partial charge on any atom is -0.497 e. The zero-order valence-electron chi connectivity index (χ0n) is 28.6. The molecule has 0 aliphatic carbocycles. The van der Waals surface area contributed by atoms with Gasteiger partial charge in [0.15, 0.2) is 0 Å². The second-order valence-electron chi connectivity index (χ2n) is 11.8. The number of nitrogens with one attached hydrogen (secondary N) is 2. The summed E-state index contributed by atoms with van der Waals surface area (Å²) < 4.78 is 14.1. The van der Waals surface area contributed by atoms with Gasteiger partial charge in [-0.15, -0.1) is 10.2 Å². The Bertz CT molecular complexity index is 1860. The van der Waals surface area contributed by atoms with Gasteiger partial charge in [0.25, 0.3) is 0 Å². The average Bonchev–Trinajstić information content (AvgIpc) is 3.79. The number of aryl methyl sites for hydroxylation is 1. The molecule has 0 bridgehead atoms. The molecule has 0 unspecified atom stereocenters. The molecule has 0 fully saturated rings. The van der Waals surface area contributed by atoms with Gasteiger partial charge >= 0.3 is 7.12 Å². The Morgan fingerprint density at radius 1 is 0.640 bits per heavy atom. The lowest BCUT2D eigenvalue weighted by molar-refractivity contribution is 0.414. The standard InChI is InChI=1S/C19H22N4O.C18H21BN4O3/c1-15-3-5-16(6-4-15)11-20-12-18-13-21-22-23(18)14-17-7-9-19(24-2)10-8-17;1-26-18-8-4-15(5-9-18)12-23-13-17(21-22-23)11-20-10-14-2-6-16(7-3-14)19(24)25/h3-10,13,20H,11-12,14H2,1-2H3;2-9,13,20,24-25H,10-12H2,1H3. The van der Waals surface area contributed by atoms with Gasteiger partial charge in [-0.25, -0.2) is 9.36 Å². The first-order valence-corrected chi connectivity index (χ1v) is 16.3. The molecule has 6 aromatic rings. The summed E-state index contributed by atoms with van der Waals surface area (Å²) in [6.07, 6.45) is 3.73. The van der Waals surface area contributed by atoms with E-state index in [-0.39, 0.29) is 0 Å². The van der Waals surface area contributed by atoms with Gasteiger partial charge in [-0.3, -0.25) is 0 Å². The Morgan fingerprint density at radius 2 is 1.18 bits per heavy atom. The van der Waals surface area contributed by atoms with Gasteiger partial charge in [0.1, 0.15) is 11.5 Å². The van der Waals surface area contributed by atoms with E-state index < -0.39 is 7.12 Å². The molecular weight excluding hydrogens is 631 g/mol. The highest BCUT2D eigenvalue weighted by Gasteiger charge is 2.10. The summed E-state index contributed by atoms with van der Waals surface area (Å²) >= 11 is 0. The number of aromatic nitrogens is 6. The van der Waals surface area contributed by atoms with Crippen LogP contribution in [0.2, 0.25) is 0 Å². The molecule has 4 N–H and O–H groups in total. The number of ether oxygens (including phenoxy) is 2. The van der Waals surface area contributed by atoms with E-state index in [4.69, 9.17) is 19.5 Å². The van der Waals surface area contributed by atoms with Gasteiger partial charge in [0.05, 0.1) is 51.1 Å². The van der Waals surface area contributed by atoms with Crippen LogP contribution in [0.4, 0.5) is 0 Å². The second-order valence-corrected chi connectivity index (χ2v) is 11.8.